The van der Waals surface area contributed by atoms with Crippen molar-refractivity contribution >= 4 is 5.91 Å². The van der Waals surface area contributed by atoms with Crippen molar-refractivity contribution in [1.29, 1.82) is 0 Å². The third-order valence-corrected chi connectivity index (χ3v) is 3.63. The molecule has 0 rings (SSSR count). The van der Waals surface area contributed by atoms with Crippen LogP contribution in [0.25, 0.3) is 0 Å². The minimum atomic E-state index is 0.0957. The maximum Gasteiger partial charge on any atom is 0.225 e. The van der Waals surface area contributed by atoms with Gasteiger partial charge in [-0.3, -0.25) is 4.79 Å². The number of allylic oxidation sites excluding steroid dienone is 2. The van der Waals surface area contributed by atoms with E-state index in [0.29, 0.717) is 12.3 Å². The van der Waals surface area contributed by atoms with Crippen LogP contribution in [0.5, 0.6) is 0 Å². The summed E-state index contributed by atoms with van der Waals surface area (Å²) >= 11 is 0. The molecule has 0 aromatic heterocycles. The average Bonchev–Trinajstić information content (AvgIpc) is 2.59. The summed E-state index contributed by atoms with van der Waals surface area (Å²) in [7, 11) is 3.50. The molecule has 1 atom stereocenters. The Morgan fingerprint density at radius 1 is 1.16 bits per heavy atom. The summed E-state index contributed by atoms with van der Waals surface area (Å²) in [6.07, 6.45) is 11.8. The molecular weight excluding hydrogens is 314 g/mol. The number of carbonyl (C=O) groups excluding carboxylic acids is 1. The van der Waals surface area contributed by atoms with Crippen molar-refractivity contribution < 1.29 is 14.3 Å². The monoisotopic (exact) mass is 355 g/mol. The zero-order valence-electron chi connectivity index (χ0n) is 17.6. The molecule has 0 aliphatic carbocycles. The number of hydrogen-bond donors (Lipinski definition) is 0. The van der Waals surface area contributed by atoms with Crippen LogP contribution in [0.4, 0.5) is 0 Å². The van der Waals surface area contributed by atoms with Crippen molar-refractivity contribution in [2.24, 2.45) is 5.92 Å². The summed E-state index contributed by atoms with van der Waals surface area (Å²) in [4.78, 5) is 12.7. The van der Waals surface area contributed by atoms with Gasteiger partial charge in [-0.2, -0.15) is 0 Å². The average molecular weight is 356 g/mol. The van der Waals surface area contributed by atoms with Crippen LogP contribution in [0.15, 0.2) is 24.2 Å². The van der Waals surface area contributed by atoms with Crippen LogP contribution in [0.2, 0.25) is 0 Å². The molecule has 0 saturated heterocycles. The molecule has 0 saturated carbocycles. The lowest BCUT2D eigenvalue weighted by Crippen LogP contribution is -2.20. The lowest BCUT2D eigenvalue weighted by Gasteiger charge is -2.11. The number of rotatable bonds is 12. The molecule has 4 heteroatoms. The van der Waals surface area contributed by atoms with Crippen LogP contribution in [-0.4, -0.2) is 38.1 Å². The fourth-order valence-corrected chi connectivity index (χ4v) is 1.84. The van der Waals surface area contributed by atoms with E-state index in [1.807, 2.05) is 19.9 Å². The minimum Gasteiger partial charge on any atom is -0.502 e. The topological polar surface area (TPSA) is 38.8 Å². The number of ether oxygens (including phenoxy) is 2. The number of unbranched alkanes of at least 4 members (excludes halogenated alkanes) is 2. The molecule has 0 N–H and O–H groups in total. The van der Waals surface area contributed by atoms with Crippen LogP contribution < -0.4 is 0 Å². The molecule has 0 aliphatic heterocycles. The molecular formula is C21H41NO3. The van der Waals surface area contributed by atoms with Gasteiger partial charge in [-0.05, 0) is 38.7 Å². The van der Waals surface area contributed by atoms with E-state index in [0.717, 1.165) is 25.4 Å². The van der Waals surface area contributed by atoms with Crippen LogP contribution in [0.1, 0.15) is 73.1 Å². The Kier molecular flexibility index (Phi) is 19.5. The van der Waals surface area contributed by atoms with Crippen LogP contribution >= 0.6 is 0 Å². The Morgan fingerprint density at radius 3 is 2.36 bits per heavy atom. The molecule has 0 aromatic carbocycles. The van der Waals surface area contributed by atoms with Crippen LogP contribution in [0, 0.1) is 5.92 Å². The first kappa shape index (κ1) is 25.8. The highest BCUT2D eigenvalue weighted by molar-refractivity contribution is 5.76. The van der Waals surface area contributed by atoms with Gasteiger partial charge in [0.25, 0.3) is 0 Å². The van der Waals surface area contributed by atoms with E-state index in [2.05, 4.69) is 20.8 Å². The van der Waals surface area contributed by atoms with Gasteiger partial charge in [0, 0.05) is 20.5 Å². The second kappa shape index (κ2) is 18.9. The summed E-state index contributed by atoms with van der Waals surface area (Å²) < 4.78 is 10.7. The van der Waals surface area contributed by atoms with Gasteiger partial charge in [0.1, 0.15) is 0 Å². The second-order valence-electron chi connectivity index (χ2n) is 6.55. The van der Waals surface area contributed by atoms with Crippen molar-refractivity contribution in [3.63, 3.8) is 0 Å². The lowest BCUT2D eigenvalue weighted by atomic mass is 10.1. The summed E-state index contributed by atoms with van der Waals surface area (Å²) in [6, 6.07) is 0. The predicted octanol–water partition coefficient (Wildman–Crippen LogP) is 5.55. The first-order valence-corrected chi connectivity index (χ1v) is 9.61. The van der Waals surface area contributed by atoms with Gasteiger partial charge in [-0.1, -0.05) is 46.1 Å². The summed E-state index contributed by atoms with van der Waals surface area (Å²) in [6.45, 7) is 12.2. The fourth-order valence-electron chi connectivity index (χ4n) is 1.84. The molecule has 148 valence electrons. The molecule has 1 amide bonds. The highest BCUT2D eigenvalue weighted by atomic mass is 16.5. The van der Waals surface area contributed by atoms with Gasteiger partial charge in [0.05, 0.1) is 25.2 Å². The molecule has 0 fully saturated rings. The molecule has 0 heterocycles. The van der Waals surface area contributed by atoms with E-state index >= 15 is 0 Å². The van der Waals surface area contributed by atoms with E-state index in [1.165, 1.54) is 25.7 Å². The Balaban J connectivity index is 0. The van der Waals surface area contributed by atoms with Crippen LogP contribution in [0.3, 0.4) is 0 Å². The minimum absolute atomic E-state index is 0.0957. The first-order valence-electron chi connectivity index (χ1n) is 9.61. The van der Waals surface area contributed by atoms with Gasteiger partial charge in [-0.25, -0.2) is 0 Å². The van der Waals surface area contributed by atoms with Crippen LogP contribution in [-0.2, 0) is 14.3 Å². The molecule has 4 nitrogen and oxygen atoms in total. The third kappa shape index (κ3) is 20.5. The summed E-state index contributed by atoms with van der Waals surface area (Å²) in [5, 5.41) is 0. The highest BCUT2D eigenvalue weighted by Crippen LogP contribution is 2.07. The molecule has 0 radical (unpaired) electrons. The van der Waals surface area contributed by atoms with E-state index in [-0.39, 0.29) is 5.91 Å². The maximum absolute atomic E-state index is 11.1. The maximum atomic E-state index is 11.1. The molecule has 1 unspecified atom stereocenters. The van der Waals surface area contributed by atoms with Crippen molar-refractivity contribution in [2.45, 2.75) is 73.1 Å². The molecule has 0 aliphatic rings. The van der Waals surface area contributed by atoms with Crippen molar-refractivity contribution in [1.82, 2.24) is 4.90 Å². The van der Waals surface area contributed by atoms with Gasteiger partial charge >= 0.3 is 0 Å². The molecule has 0 aromatic rings. The molecule has 0 spiro atoms. The quantitative estimate of drug-likeness (QED) is 0.340. The SMILES string of the molecule is C/C=C(\C)OCC(C)CCC.CCCCCO/C=C/CC(=O)N(C)C. The lowest BCUT2D eigenvalue weighted by molar-refractivity contribution is -0.127. The number of nitrogens with zero attached hydrogens (tertiary/aromatic N) is 1. The van der Waals surface area contributed by atoms with Gasteiger partial charge < -0.3 is 14.4 Å². The Labute approximate surface area is 156 Å². The van der Waals surface area contributed by atoms with E-state index in [1.54, 1.807) is 31.3 Å². The van der Waals surface area contributed by atoms with Gasteiger partial charge in [-0.15, -0.1) is 0 Å². The van der Waals surface area contributed by atoms with Crippen molar-refractivity contribution in [3.8, 4) is 0 Å². The highest BCUT2D eigenvalue weighted by Gasteiger charge is 2.00. The number of carbonyl (C=O) groups is 1. The smallest absolute Gasteiger partial charge is 0.225 e. The first-order chi connectivity index (χ1) is 11.9. The summed E-state index contributed by atoms with van der Waals surface area (Å²) in [5.41, 5.74) is 0. The van der Waals surface area contributed by atoms with E-state index in [4.69, 9.17) is 9.47 Å². The Bertz CT molecular complexity index is 362. The van der Waals surface area contributed by atoms with E-state index < -0.39 is 0 Å². The third-order valence-electron chi connectivity index (χ3n) is 3.63. The fraction of sp³-hybridized carbons (Fsp3) is 0.762. The Hall–Kier alpha value is -1.45. The zero-order chi connectivity index (χ0) is 19.5. The standard InChI is InChI=1S/C11H21NO2.C10H20O/c1-4-5-6-9-14-10-7-8-11(13)12(2)3;1-5-7-9(3)8-11-10(4)6-2/h7,10H,4-6,8-9H2,1-3H3;6,9H,5,7-8H2,1-4H3/b10-7+;10-6+. The molecule has 25 heavy (non-hydrogen) atoms. The second-order valence-corrected chi connectivity index (χ2v) is 6.55. The largest absolute Gasteiger partial charge is 0.502 e. The van der Waals surface area contributed by atoms with Crippen molar-refractivity contribution in [3.05, 3.63) is 24.2 Å². The van der Waals surface area contributed by atoms with Gasteiger partial charge in [0.15, 0.2) is 0 Å². The molecule has 0 bridgehead atoms. The predicted molar refractivity (Wildman–Crippen MR) is 107 cm³/mol. The van der Waals surface area contributed by atoms with E-state index in [9.17, 15) is 4.79 Å². The number of hydrogen-bond acceptors (Lipinski definition) is 3. The number of amides is 1. The normalized spacial score (nSPS) is 12.4. The Morgan fingerprint density at radius 2 is 1.84 bits per heavy atom. The van der Waals surface area contributed by atoms with Crippen molar-refractivity contribution in [2.75, 3.05) is 27.3 Å². The zero-order valence-corrected chi connectivity index (χ0v) is 17.6. The van der Waals surface area contributed by atoms with Gasteiger partial charge in [0.2, 0.25) is 5.91 Å². The summed E-state index contributed by atoms with van der Waals surface area (Å²) in [5.74, 6) is 1.82.